The summed E-state index contributed by atoms with van der Waals surface area (Å²) in [4.78, 5) is 12.8. The van der Waals surface area contributed by atoms with Crippen molar-refractivity contribution in [1.82, 2.24) is 0 Å². The molecule has 4 nitrogen and oxygen atoms in total. The third-order valence-electron chi connectivity index (χ3n) is 3.94. The number of rotatable bonds is 7. The number of halogens is 1. The van der Waals surface area contributed by atoms with Crippen LogP contribution in [0, 0.1) is 0 Å². The molecular weight excluding hydrogens is 384 g/mol. The van der Waals surface area contributed by atoms with Crippen molar-refractivity contribution in [3.63, 3.8) is 0 Å². The summed E-state index contributed by atoms with van der Waals surface area (Å²) in [6.45, 7) is 0.644. The fraction of sp³-hybridized carbons (Fsp3) is 0.250. The molecule has 0 saturated heterocycles. The van der Waals surface area contributed by atoms with E-state index in [1.54, 1.807) is 19.2 Å². The van der Waals surface area contributed by atoms with Crippen LogP contribution in [0.4, 0.5) is 0 Å². The summed E-state index contributed by atoms with van der Waals surface area (Å²) in [5, 5.41) is 1.51. The zero-order chi connectivity index (χ0) is 17.6. The molecule has 0 spiro atoms. The highest BCUT2D eigenvalue weighted by Crippen LogP contribution is 2.24. The van der Waals surface area contributed by atoms with Crippen LogP contribution in [-0.2, 0) is 0 Å². The Labute approximate surface area is 154 Å². The molecule has 1 aromatic heterocycles. The lowest BCUT2D eigenvalue weighted by Crippen LogP contribution is -2.05. The predicted octanol–water partition coefficient (Wildman–Crippen LogP) is 5.02. The van der Waals surface area contributed by atoms with Crippen molar-refractivity contribution in [2.75, 3.05) is 19.0 Å². The highest BCUT2D eigenvalue weighted by atomic mass is 79.9. The first-order valence-electron chi connectivity index (χ1n) is 8.11. The third kappa shape index (κ3) is 4.04. The molecule has 0 amide bonds. The molecule has 0 radical (unpaired) electrons. The molecule has 0 saturated carbocycles. The van der Waals surface area contributed by atoms with Gasteiger partial charge in [-0.3, -0.25) is 4.79 Å². The zero-order valence-corrected chi connectivity index (χ0v) is 15.5. The van der Waals surface area contributed by atoms with Crippen LogP contribution in [0.15, 0.2) is 57.9 Å². The lowest BCUT2D eigenvalue weighted by Gasteiger charge is -2.07. The van der Waals surface area contributed by atoms with E-state index in [0.29, 0.717) is 28.9 Å². The predicted molar refractivity (Wildman–Crippen MR) is 103 cm³/mol. The van der Waals surface area contributed by atoms with Crippen molar-refractivity contribution in [3.05, 3.63) is 59.0 Å². The van der Waals surface area contributed by atoms with Crippen molar-refractivity contribution in [1.29, 1.82) is 0 Å². The molecule has 130 valence electrons. The molecule has 25 heavy (non-hydrogen) atoms. The van der Waals surface area contributed by atoms with Crippen molar-refractivity contribution in [2.24, 2.45) is 0 Å². The number of alkyl halides is 1. The molecule has 0 bridgehead atoms. The van der Waals surface area contributed by atoms with E-state index < -0.39 is 0 Å². The first-order valence-corrected chi connectivity index (χ1v) is 9.24. The molecular formula is C20H19BrO4. The number of hydrogen-bond donors (Lipinski definition) is 0. The highest BCUT2D eigenvalue weighted by Gasteiger charge is 2.10. The average molecular weight is 403 g/mol. The minimum absolute atomic E-state index is 0.0581. The van der Waals surface area contributed by atoms with Gasteiger partial charge in [-0.25, -0.2) is 0 Å². The fourth-order valence-electron chi connectivity index (χ4n) is 2.55. The van der Waals surface area contributed by atoms with Crippen molar-refractivity contribution in [2.45, 2.75) is 12.8 Å². The molecule has 0 atom stereocenters. The molecule has 0 aliphatic carbocycles. The number of hydrogen-bond acceptors (Lipinski definition) is 4. The van der Waals surface area contributed by atoms with Crippen LogP contribution < -0.4 is 14.9 Å². The standard InChI is InChI=1S/C20H19BrO4/c1-23-15-6-4-14(5-7-15)18-13-25-19-12-16(24-11-3-2-10-21)8-9-17(19)20(18)22/h4-9,12-13H,2-3,10-11H2,1H3. The molecule has 0 aliphatic heterocycles. The lowest BCUT2D eigenvalue weighted by atomic mass is 10.1. The summed E-state index contributed by atoms with van der Waals surface area (Å²) in [5.74, 6) is 1.46. The Kier molecular flexibility index (Phi) is 5.76. The molecule has 3 rings (SSSR count). The van der Waals surface area contributed by atoms with Crippen LogP contribution in [0.1, 0.15) is 12.8 Å². The molecule has 2 aromatic carbocycles. The SMILES string of the molecule is COc1ccc(-c2coc3cc(OCCCCBr)ccc3c2=O)cc1. The van der Waals surface area contributed by atoms with Crippen LogP contribution >= 0.6 is 15.9 Å². The molecule has 1 heterocycles. The number of benzene rings is 2. The van der Waals surface area contributed by atoms with E-state index in [0.717, 1.165) is 29.5 Å². The maximum absolute atomic E-state index is 12.8. The topological polar surface area (TPSA) is 48.7 Å². The van der Waals surface area contributed by atoms with Gasteiger partial charge >= 0.3 is 0 Å². The Bertz CT molecular complexity index is 900. The maximum atomic E-state index is 12.8. The Hall–Kier alpha value is -2.27. The lowest BCUT2D eigenvalue weighted by molar-refractivity contribution is 0.310. The summed E-state index contributed by atoms with van der Waals surface area (Å²) < 4.78 is 16.5. The number of unbranched alkanes of at least 4 members (excludes halogenated alkanes) is 1. The monoisotopic (exact) mass is 402 g/mol. The van der Waals surface area contributed by atoms with Gasteiger partial charge in [0.1, 0.15) is 23.3 Å². The van der Waals surface area contributed by atoms with Crippen LogP contribution in [0.25, 0.3) is 22.1 Å². The van der Waals surface area contributed by atoms with Crippen LogP contribution in [0.3, 0.4) is 0 Å². The van der Waals surface area contributed by atoms with E-state index in [1.165, 1.54) is 6.26 Å². The second-order valence-electron chi connectivity index (χ2n) is 5.61. The Balaban J connectivity index is 1.88. The van der Waals surface area contributed by atoms with E-state index >= 15 is 0 Å². The number of methoxy groups -OCH3 is 1. The van der Waals surface area contributed by atoms with Gasteiger partial charge in [0.15, 0.2) is 5.43 Å². The van der Waals surface area contributed by atoms with Crippen LogP contribution in [-0.4, -0.2) is 19.0 Å². The second kappa shape index (κ2) is 8.21. The minimum atomic E-state index is -0.0581. The number of fused-ring (bicyclic) bond motifs is 1. The first kappa shape index (κ1) is 17.5. The van der Waals surface area contributed by atoms with Gasteiger partial charge in [-0.15, -0.1) is 0 Å². The average Bonchev–Trinajstić information content (AvgIpc) is 2.66. The Morgan fingerprint density at radius 1 is 1.04 bits per heavy atom. The van der Waals surface area contributed by atoms with Gasteiger partial charge in [0.05, 0.1) is 24.7 Å². The zero-order valence-electron chi connectivity index (χ0n) is 14.0. The van der Waals surface area contributed by atoms with Gasteiger partial charge < -0.3 is 13.9 Å². The normalized spacial score (nSPS) is 10.8. The first-order chi connectivity index (χ1) is 12.2. The largest absolute Gasteiger partial charge is 0.497 e. The Morgan fingerprint density at radius 2 is 1.80 bits per heavy atom. The van der Waals surface area contributed by atoms with E-state index in [-0.39, 0.29) is 5.43 Å². The highest BCUT2D eigenvalue weighted by molar-refractivity contribution is 9.09. The molecule has 0 fully saturated rings. The fourth-order valence-corrected chi connectivity index (χ4v) is 2.95. The summed E-state index contributed by atoms with van der Waals surface area (Å²) in [6, 6.07) is 12.7. The van der Waals surface area contributed by atoms with Crippen LogP contribution in [0.2, 0.25) is 0 Å². The quantitative estimate of drug-likeness (QED) is 0.411. The van der Waals surface area contributed by atoms with Crippen LogP contribution in [0.5, 0.6) is 11.5 Å². The number of ether oxygens (including phenoxy) is 2. The van der Waals surface area contributed by atoms with Gasteiger partial charge in [0.25, 0.3) is 0 Å². The molecule has 5 heteroatoms. The van der Waals surface area contributed by atoms with Gasteiger partial charge in [0.2, 0.25) is 0 Å². The van der Waals surface area contributed by atoms with Crippen molar-refractivity contribution >= 4 is 26.9 Å². The van der Waals surface area contributed by atoms with Gasteiger partial charge in [-0.1, -0.05) is 28.1 Å². The van der Waals surface area contributed by atoms with E-state index in [4.69, 9.17) is 13.9 Å². The van der Waals surface area contributed by atoms with Gasteiger partial charge in [-0.2, -0.15) is 0 Å². The molecule has 0 N–H and O–H groups in total. The molecule has 0 unspecified atom stereocenters. The summed E-state index contributed by atoms with van der Waals surface area (Å²) in [7, 11) is 1.61. The van der Waals surface area contributed by atoms with E-state index in [1.807, 2.05) is 30.3 Å². The van der Waals surface area contributed by atoms with Crippen molar-refractivity contribution < 1.29 is 13.9 Å². The second-order valence-corrected chi connectivity index (χ2v) is 6.40. The minimum Gasteiger partial charge on any atom is -0.497 e. The summed E-state index contributed by atoms with van der Waals surface area (Å²) in [6.07, 6.45) is 3.54. The summed E-state index contributed by atoms with van der Waals surface area (Å²) >= 11 is 3.40. The Morgan fingerprint density at radius 3 is 2.52 bits per heavy atom. The smallest absolute Gasteiger partial charge is 0.200 e. The van der Waals surface area contributed by atoms with E-state index in [2.05, 4.69) is 15.9 Å². The van der Waals surface area contributed by atoms with Crippen molar-refractivity contribution in [3.8, 4) is 22.6 Å². The maximum Gasteiger partial charge on any atom is 0.200 e. The van der Waals surface area contributed by atoms with Gasteiger partial charge in [-0.05, 0) is 42.7 Å². The third-order valence-corrected chi connectivity index (χ3v) is 4.50. The van der Waals surface area contributed by atoms with Gasteiger partial charge in [0, 0.05) is 11.4 Å². The molecule has 3 aromatic rings. The summed E-state index contributed by atoms with van der Waals surface area (Å²) in [5.41, 5.74) is 1.80. The van der Waals surface area contributed by atoms with E-state index in [9.17, 15) is 4.79 Å². The molecule has 0 aliphatic rings.